The van der Waals surface area contributed by atoms with Crippen LogP contribution >= 0.6 is 0 Å². The van der Waals surface area contributed by atoms with E-state index < -0.39 is 0 Å². The van der Waals surface area contributed by atoms with E-state index >= 15 is 0 Å². The van der Waals surface area contributed by atoms with Gasteiger partial charge in [-0.25, -0.2) is 0 Å². The van der Waals surface area contributed by atoms with Gasteiger partial charge in [-0.05, 0) is 13.8 Å². The number of aromatic amines is 1. The van der Waals surface area contributed by atoms with Crippen LogP contribution in [-0.2, 0) is 6.42 Å². The monoisotopic (exact) mass is 247 g/mol. The number of hydrogen-bond donors (Lipinski definition) is 2. The molecule has 0 saturated heterocycles. The second-order valence-corrected chi connectivity index (χ2v) is 4.25. The van der Waals surface area contributed by atoms with E-state index in [1.165, 1.54) is 0 Å². The van der Waals surface area contributed by atoms with Gasteiger partial charge in [0, 0.05) is 29.4 Å². The van der Waals surface area contributed by atoms with E-state index in [-0.39, 0.29) is 6.04 Å². The minimum absolute atomic E-state index is 0.220. The number of nitrogens with one attached hydrogen (secondary N) is 1. The fraction of sp³-hybridized carbons (Fsp3) is 0.417. The quantitative estimate of drug-likeness (QED) is 0.843. The van der Waals surface area contributed by atoms with Gasteiger partial charge in [-0.15, -0.1) is 0 Å². The minimum atomic E-state index is -0.220. The fourth-order valence-corrected chi connectivity index (χ4v) is 1.98. The molecule has 6 heteroatoms. The molecule has 2 aromatic heterocycles. The van der Waals surface area contributed by atoms with Gasteiger partial charge in [0.05, 0.1) is 25.0 Å². The summed E-state index contributed by atoms with van der Waals surface area (Å²) in [7, 11) is 1.66. The molecule has 0 fully saturated rings. The van der Waals surface area contributed by atoms with Gasteiger partial charge >= 0.3 is 0 Å². The Balaban J connectivity index is 2.24. The number of ether oxygens (including phenoxy) is 1. The summed E-state index contributed by atoms with van der Waals surface area (Å²) in [5, 5.41) is 10.3. The van der Waals surface area contributed by atoms with E-state index in [4.69, 9.17) is 10.5 Å². The molecule has 0 amide bonds. The van der Waals surface area contributed by atoms with E-state index in [1.807, 2.05) is 13.8 Å². The van der Waals surface area contributed by atoms with E-state index in [0.29, 0.717) is 6.42 Å². The Hall–Kier alpha value is -1.95. The summed E-state index contributed by atoms with van der Waals surface area (Å²) in [6, 6.07) is -0.220. The number of nitrogens with zero attached hydrogens (tertiary/aromatic N) is 3. The van der Waals surface area contributed by atoms with Crippen molar-refractivity contribution in [3.8, 4) is 5.75 Å². The molecule has 3 N–H and O–H groups in total. The average Bonchev–Trinajstić information content (AvgIpc) is 2.87. The Morgan fingerprint density at radius 3 is 2.78 bits per heavy atom. The number of nitrogens with two attached hydrogens (primary N) is 1. The van der Waals surface area contributed by atoms with Gasteiger partial charge in [-0.1, -0.05) is 0 Å². The lowest BCUT2D eigenvalue weighted by Gasteiger charge is -2.14. The third kappa shape index (κ3) is 2.33. The van der Waals surface area contributed by atoms with Gasteiger partial charge in [0.25, 0.3) is 0 Å². The molecular weight excluding hydrogens is 230 g/mol. The third-order valence-corrected chi connectivity index (χ3v) is 2.98. The lowest BCUT2D eigenvalue weighted by Crippen LogP contribution is -2.16. The fourth-order valence-electron chi connectivity index (χ4n) is 1.98. The second-order valence-electron chi connectivity index (χ2n) is 4.25. The first-order chi connectivity index (χ1) is 8.63. The number of aryl methyl sites for hydroxylation is 1. The zero-order chi connectivity index (χ0) is 13.1. The van der Waals surface area contributed by atoms with Crippen molar-refractivity contribution in [3.63, 3.8) is 0 Å². The Bertz CT molecular complexity index is 524. The first-order valence-corrected chi connectivity index (χ1v) is 5.73. The molecule has 2 aromatic rings. The first-order valence-electron chi connectivity index (χ1n) is 5.73. The molecule has 0 aliphatic rings. The van der Waals surface area contributed by atoms with Crippen LogP contribution in [0.3, 0.4) is 0 Å². The predicted molar refractivity (Wildman–Crippen MR) is 67.3 cm³/mol. The smallest absolute Gasteiger partial charge is 0.128 e. The van der Waals surface area contributed by atoms with Crippen molar-refractivity contribution in [2.45, 2.75) is 26.3 Å². The lowest BCUT2D eigenvalue weighted by molar-refractivity contribution is 0.406. The summed E-state index contributed by atoms with van der Waals surface area (Å²) in [6.07, 6.45) is 4.04. The summed E-state index contributed by atoms with van der Waals surface area (Å²) in [5.41, 5.74) is 9.77. The van der Waals surface area contributed by atoms with Crippen molar-refractivity contribution in [2.24, 2.45) is 5.73 Å². The van der Waals surface area contributed by atoms with Gasteiger partial charge in [-0.3, -0.25) is 4.98 Å². The van der Waals surface area contributed by atoms with Crippen LogP contribution < -0.4 is 10.5 Å². The molecule has 6 nitrogen and oxygen atoms in total. The third-order valence-electron chi connectivity index (χ3n) is 2.98. The van der Waals surface area contributed by atoms with Gasteiger partial charge in [-0.2, -0.15) is 15.4 Å². The summed E-state index contributed by atoms with van der Waals surface area (Å²) < 4.78 is 5.37. The van der Waals surface area contributed by atoms with Crippen LogP contribution in [0.2, 0.25) is 0 Å². The topological polar surface area (TPSA) is 89.7 Å². The Kier molecular flexibility index (Phi) is 3.57. The van der Waals surface area contributed by atoms with Crippen LogP contribution in [-0.4, -0.2) is 27.5 Å². The standard InChI is InChI=1S/C12H17N5O/c1-7-5-14-10(8(2)12(7)18-3)4-9(13)11-6-15-17-16-11/h5-6,9H,4,13H2,1-3H3,(H,15,16,17). The molecular formula is C12H17N5O. The number of aromatic nitrogens is 4. The highest BCUT2D eigenvalue weighted by molar-refractivity contribution is 5.41. The molecule has 0 spiro atoms. The molecule has 96 valence electrons. The maximum absolute atomic E-state index is 6.07. The maximum atomic E-state index is 6.07. The maximum Gasteiger partial charge on any atom is 0.128 e. The zero-order valence-electron chi connectivity index (χ0n) is 10.8. The molecule has 18 heavy (non-hydrogen) atoms. The van der Waals surface area contributed by atoms with Crippen molar-refractivity contribution in [1.82, 2.24) is 20.4 Å². The molecule has 0 aliphatic carbocycles. The SMILES string of the molecule is COc1c(C)cnc(CC(N)c2cn[nH]n2)c1C. The average molecular weight is 247 g/mol. The molecule has 0 aliphatic heterocycles. The van der Waals surface area contributed by atoms with E-state index in [0.717, 1.165) is 28.3 Å². The van der Waals surface area contributed by atoms with Crippen molar-refractivity contribution in [1.29, 1.82) is 0 Å². The normalized spacial score (nSPS) is 12.4. The van der Waals surface area contributed by atoms with Crippen LogP contribution in [0.15, 0.2) is 12.4 Å². The zero-order valence-corrected chi connectivity index (χ0v) is 10.8. The van der Waals surface area contributed by atoms with Crippen molar-refractivity contribution >= 4 is 0 Å². The number of rotatable bonds is 4. The highest BCUT2D eigenvalue weighted by Crippen LogP contribution is 2.26. The molecule has 1 atom stereocenters. The number of hydrogen-bond acceptors (Lipinski definition) is 5. The summed E-state index contributed by atoms with van der Waals surface area (Å²) in [4.78, 5) is 4.42. The molecule has 0 bridgehead atoms. The van der Waals surface area contributed by atoms with Crippen LogP contribution in [0.5, 0.6) is 5.75 Å². The lowest BCUT2D eigenvalue weighted by atomic mass is 10.0. The molecule has 2 rings (SSSR count). The first kappa shape index (κ1) is 12.5. The Morgan fingerprint density at radius 2 is 2.17 bits per heavy atom. The highest BCUT2D eigenvalue weighted by atomic mass is 16.5. The number of H-pyrrole nitrogens is 1. The summed E-state index contributed by atoms with van der Waals surface area (Å²) in [5.74, 6) is 0.868. The molecule has 2 heterocycles. The number of pyridine rings is 1. The molecule has 0 aromatic carbocycles. The van der Waals surface area contributed by atoms with Crippen LogP contribution in [0.1, 0.15) is 28.6 Å². The summed E-state index contributed by atoms with van der Waals surface area (Å²) >= 11 is 0. The van der Waals surface area contributed by atoms with E-state index in [1.54, 1.807) is 19.5 Å². The number of methoxy groups -OCH3 is 1. The van der Waals surface area contributed by atoms with Gasteiger partial charge in [0.2, 0.25) is 0 Å². The van der Waals surface area contributed by atoms with Crippen molar-refractivity contribution in [3.05, 3.63) is 34.9 Å². The predicted octanol–water partition coefficient (Wildman–Crippen LogP) is 1.07. The molecule has 0 saturated carbocycles. The Morgan fingerprint density at radius 1 is 1.39 bits per heavy atom. The van der Waals surface area contributed by atoms with Gasteiger partial charge < -0.3 is 10.5 Å². The Labute approximate surface area is 106 Å². The molecule has 1 unspecified atom stereocenters. The van der Waals surface area contributed by atoms with Crippen molar-refractivity contribution in [2.75, 3.05) is 7.11 Å². The van der Waals surface area contributed by atoms with Crippen molar-refractivity contribution < 1.29 is 4.74 Å². The largest absolute Gasteiger partial charge is 0.496 e. The highest BCUT2D eigenvalue weighted by Gasteiger charge is 2.15. The van der Waals surface area contributed by atoms with Crippen LogP contribution in [0.25, 0.3) is 0 Å². The van der Waals surface area contributed by atoms with Crippen LogP contribution in [0, 0.1) is 13.8 Å². The van der Waals surface area contributed by atoms with Gasteiger partial charge in [0.15, 0.2) is 0 Å². The molecule has 0 radical (unpaired) electrons. The van der Waals surface area contributed by atoms with E-state index in [9.17, 15) is 0 Å². The van der Waals surface area contributed by atoms with Gasteiger partial charge in [0.1, 0.15) is 5.75 Å². The second kappa shape index (κ2) is 5.14. The summed E-state index contributed by atoms with van der Waals surface area (Å²) in [6.45, 7) is 3.96. The van der Waals surface area contributed by atoms with E-state index in [2.05, 4.69) is 20.4 Å². The minimum Gasteiger partial charge on any atom is -0.496 e. The van der Waals surface area contributed by atoms with Crippen LogP contribution in [0.4, 0.5) is 0 Å².